The maximum Gasteiger partial charge on any atom is 0.152 e. The summed E-state index contributed by atoms with van der Waals surface area (Å²) in [6.45, 7) is 5.17. The van der Waals surface area contributed by atoms with Crippen LogP contribution in [0.4, 0.5) is 5.69 Å². The zero-order valence-electron chi connectivity index (χ0n) is 11.7. The Morgan fingerprint density at radius 3 is 2.76 bits per heavy atom. The summed E-state index contributed by atoms with van der Waals surface area (Å²) in [6.07, 6.45) is 1.70. The summed E-state index contributed by atoms with van der Waals surface area (Å²) in [6, 6.07) is 5.92. The van der Waals surface area contributed by atoms with Gasteiger partial charge in [0.15, 0.2) is 5.15 Å². The van der Waals surface area contributed by atoms with Gasteiger partial charge >= 0.3 is 0 Å². The van der Waals surface area contributed by atoms with E-state index in [1.165, 1.54) is 0 Å². The van der Waals surface area contributed by atoms with E-state index in [2.05, 4.69) is 42.2 Å². The van der Waals surface area contributed by atoms with Gasteiger partial charge in [0, 0.05) is 22.8 Å². The molecule has 1 aromatic carbocycles. The topological polar surface area (TPSA) is 34.1 Å². The van der Waals surface area contributed by atoms with Crippen LogP contribution >= 0.6 is 43.5 Å². The first kappa shape index (κ1) is 16.6. The number of benzene rings is 1. The van der Waals surface area contributed by atoms with Crippen LogP contribution in [-0.4, -0.2) is 11.6 Å². The Balaban J connectivity index is 2.27. The lowest BCUT2D eigenvalue weighted by Crippen LogP contribution is -2.06. The molecule has 112 valence electrons. The molecule has 1 heterocycles. The zero-order valence-corrected chi connectivity index (χ0v) is 15.6. The van der Waals surface area contributed by atoms with Crippen LogP contribution in [0.5, 0.6) is 5.75 Å². The van der Waals surface area contributed by atoms with Crippen LogP contribution in [0, 0.1) is 6.92 Å². The number of nitrogens with zero attached hydrogens (tertiary/aromatic N) is 1. The SMILES string of the molecule is CCOc1c(Br)cc(Br)cc1CNc1c(C)ccnc1Cl. The van der Waals surface area contributed by atoms with E-state index < -0.39 is 0 Å². The normalized spacial score (nSPS) is 10.5. The van der Waals surface area contributed by atoms with E-state index in [1.807, 2.05) is 32.0 Å². The highest BCUT2D eigenvalue weighted by Gasteiger charge is 2.11. The molecule has 6 heteroatoms. The number of anilines is 1. The van der Waals surface area contributed by atoms with Gasteiger partial charge in [-0.2, -0.15) is 0 Å². The van der Waals surface area contributed by atoms with Crippen molar-refractivity contribution < 1.29 is 4.74 Å². The van der Waals surface area contributed by atoms with Crippen LogP contribution in [0.25, 0.3) is 0 Å². The van der Waals surface area contributed by atoms with Crippen molar-refractivity contribution in [1.29, 1.82) is 0 Å². The molecule has 0 saturated heterocycles. The molecule has 0 radical (unpaired) electrons. The molecule has 0 unspecified atom stereocenters. The molecule has 1 N–H and O–H groups in total. The number of aromatic nitrogens is 1. The standard InChI is InChI=1S/C15H15Br2ClN2O/c1-3-21-14-10(6-11(16)7-12(14)17)8-20-13-9(2)4-5-19-15(13)18/h4-7,20H,3,8H2,1-2H3. The Hall–Kier alpha value is -0.780. The minimum Gasteiger partial charge on any atom is -0.492 e. The second-order valence-corrected chi connectivity index (χ2v) is 6.58. The average molecular weight is 435 g/mol. The van der Waals surface area contributed by atoms with E-state index in [1.54, 1.807) is 6.20 Å². The summed E-state index contributed by atoms with van der Waals surface area (Å²) in [5, 5.41) is 3.81. The predicted octanol–water partition coefficient (Wildman–Crippen LogP) is 5.58. The van der Waals surface area contributed by atoms with E-state index in [0.29, 0.717) is 18.3 Å². The second-order valence-electron chi connectivity index (χ2n) is 4.46. The van der Waals surface area contributed by atoms with Crippen molar-refractivity contribution in [3.63, 3.8) is 0 Å². The van der Waals surface area contributed by atoms with Crippen molar-refractivity contribution in [3.05, 3.63) is 49.6 Å². The number of hydrogen-bond acceptors (Lipinski definition) is 3. The lowest BCUT2D eigenvalue weighted by molar-refractivity contribution is 0.334. The molecule has 0 fully saturated rings. The molecular weight excluding hydrogens is 419 g/mol. The van der Waals surface area contributed by atoms with Crippen LogP contribution in [0.2, 0.25) is 5.15 Å². The molecule has 0 atom stereocenters. The monoisotopic (exact) mass is 432 g/mol. The number of ether oxygens (including phenoxy) is 1. The third-order valence-electron chi connectivity index (χ3n) is 2.94. The van der Waals surface area contributed by atoms with Gasteiger partial charge in [0.05, 0.1) is 16.8 Å². The minimum absolute atomic E-state index is 0.474. The molecule has 0 amide bonds. The Morgan fingerprint density at radius 2 is 2.10 bits per heavy atom. The van der Waals surface area contributed by atoms with Crippen LogP contribution < -0.4 is 10.1 Å². The quantitative estimate of drug-likeness (QED) is 0.624. The third-order valence-corrected chi connectivity index (χ3v) is 4.28. The van der Waals surface area contributed by atoms with Gasteiger partial charge in [0.1, 0.15) is 5.75 Å². The van der Waals surface area contributed by atoms with Gasteiger partial charge in [0.2, 0.25) is 0 Å². The Bertz CT molecular complexity index is 630. The maximum atomic E-state index is 6.14. The molecule has 2 rings (SSSR count). The number of hydrogen-bond donors (Lipinski definition) is 1. The van der Waals surface area contributed by atoms with Gasteiger partial charge in [-0.3, -0.25) is 0 Å². The lowest BCUT2D eigenvalue weighted by Gasteiger charge is -2.15. The van der Waals surface area contributed by atoms with Crippen molar-refractivity contribution in [2.45, 2.75) is 20.4 Å². The Morgan fingerprint density at radius 1 is 1.33 bits per heavy atom. The number of nitrogens with one attached hydrogen (secondary N) is 1. The fourth-order valence-electron chi connectivity index (χ4n) is 1.97. The van der Waals surface area contributed by atoms with E-state index in [9.17, 15) is 0 Å². The first-order valence-electron chi connectivity index (χ1n) is 6.48. The highest BCUT2D eigenvalue weighted by atomic mass is 79.9. The number of pyridine rings is 1. The van der Waals surface area contributed by atoms with Gasteiger partial charge in [0.25, 0.3) is 0 Å². The molecular formula is C15H15Br2ClN2O. The summed E-state index contributed by atoms with van der Waals surface area (Å²) < 4.78 is 7.63. The van der Waals surface area contributed by atoms with Crippen LogP contribution in [-0.2, 0) is 6.54 Å². The van der Waals surface area contributed by atoms with E-state index in [4.69, 9.17) is 16.3 Å². The summed E-state index contributed by atoms with van der Waals surface area (Å²) >= 11 is 13.2. The fraction of sp³-hybridized carbons (Fsp3) is 0.267. The Kier molecular flexibility index (Phi) is 5.90. The molecule has 0 bridgehead atoms. The van der Waals surface area contributed by atoms with Crippen molar-refractivity contribution >= 4 is 49.1 Å². The first-order valence-corrected chi connectivity index (χ1v) is 8.45. The molecule has 0 spiro atoms. The highest BCUT2D eigenvalue weighted by molar-refractivity contribution is 9.11. The van der Waals surface area contributed by atoms with Gasteiger partial charge in [-0.05, 0) is 53.5 Å². The predicted molar refractivity (Wildman–Crippen MR) is 94.3 cm³/mol. The molecule has 2 aromatic rings. The van der Waals surface area contributed by atoms with Crippen molar-refractivity contribution in [1.82, 2.24) is 4.98 Å². The summed E-state index contributed by atoms with van der Waals surface area (Å²) in [5.74, 6) is 0.839. The fourth-order valence-corrected chi connectivity index (χ4v) is 3.67. The molecule has 0 aliphatic rings. The minimum atomic E-state index is 0.474. The van der Waals surface area contributed by atoms with E-state index >= 15 is 0 Å². The van der Waals surface area contributed by atoms with Crippen molar-refractivity contribution in [3.8, 4) is 5.75 Å². The highest BCUT2D eigenvalue weighted by Crippen LogP contribution is 2.34. The van der Waals surface area contributed by atoms with Crippen LogP contribution in [0.15, 0.2) is 33.3 Å². The summed E-state index contributed by atoms with van der Waals surface area (Å²) in [4.78, 5) is 4.10. The van der Waals surface area contributed by atoms with E-state index in [-0.39, 0.29) is 0 Å². The first-order chi connectivity index (χ1) is 10.0. The van der Waals surface area contributed by atoms with Gasteiger partial charge in [-0.25, -0.2) is 4.98 Å². The Labute approximate surface area is 146 Å². The lowest BCUT2D eigenvalue weighted by atomic mass is 10.2. The average Bonchev–Trinajstić information content (AvgIpc) is 2.42. The van der Waals surface area contributed by atoms with E-state index in [0.717, 1.165) is 31.5 Å². The second kappa shape index (κ2) is 7.47. The molecule has 0 aliphatic carbocycles. The summed E-state index contributed by atoms with van der Waals surface area (Å²) in [7, 11) is 0. The van der Waals surface area contributed by atoms with Crippen molar-refractivity contribution in [2.24, 2.45) is 0 Å². The zero-order chi connectivity index (χ0) is 15.4. The molecule has 1 aromatic heterocycles. The van der Waals surface area contributed by atoms with Gasteiger partial charge in [-0.1, -0.05) is 27.5 Å². The summed E-state index contributed by atoms with van der Waals surface area (Å²) in [5.41, 5.74) is 2.94. The number of aryl methyl sites for hydroxylation is 1. The van der Waals surface area contributed by atoms with Gasteiger partial charge < -0.3 is 10.1 Å². The number of halogens is 3. The van der Waals surface area contributed by atoms with Crippen molar-refractivity contribution in [2.75, 3.05) is 11.9 Å². The van der Waals surface area contributed by atoms with Crippen LogP contribution in [0.1, 0.15) is 18.1 Å². The molecule has 0 aliphatic heterocycles. The maximum absolute atomic E-state index is 6.14. The van der Waals surface area contributed by atoms with Gasteiger partial charge in [-0.15, -0.1) is 0 Å². The smallest absolute Gasteiger partial charge is 0.152 e. The molecule has 3 nitrogen and oxygen atoms in total. The molecule has 21 heavy (non-hydrogen) atoms. The third kappa shape index (κ3) is 4.11. The molecule has 0 saturated carbocycles. The van der Waals surface area contributed by atoms with Crippen LogP contribution in [0.3, 0.4) is 0 Å². The number of rotatable bonds is 5. The largest absolute Gasteiger partial charge is 0.492 e.